The fraction of sp³-hybridized carbons (Fsp3) is 0.600. The van der Waals surface area contributed by atoms with Gasteiger partial charge >= 0.3 is 0 Å². The molecule has 0 aromatic carbocycles. The summed E-state index contributed by atoms with van der Waals surface area (Å²) in [6, 6.07) is -0.639. The highest BCUT2D eigenvalue weighted by Crippen LogP contribution is 2.00. The van der Waals surface area contributed by atoms with Gasteiger partial charge < -0.3 is 5.73 Å². The summed E-state index contributed by atoms with van der Waals surface area (Å²) in [4.78, 5) is 20.6. The van der Waals surface area contributed by atoms with Gasteiger partial charge in [0.1, 0.15) is 0 Å². The standard InChI is InChI=1S/C5H9NO2S2/c6-3(5(8)10)1-2-4(7)9/h3H,1-2,6H2,(H,7,9)(H,8,10)/t3-/m0/s1. The first-order valence-electron chi connectivity index (χ1n) is 2.74. The van der Waals surface area contributed by atoms with Gasteiger partial charge in [0, 0.05) is 6.42 Å². The highest BCUT2D eigenvalue weighted by Gasteiger charge is 2.09. The van der Waals surface area contributed by atoms with Crippen LogP contribution in [-0.2, 0) is 9.59 Å². The highest BCUT2D eigenvalue weighted by atomic mass is 32.1. The van der Waals surface area contributed by atoms with Crippen LogP contribution in [0.4, 0.5) is 0 Å². The average Bonchev–Trinajstić information content (AvgIpc) is 1.82. The number of hydrogen-bond donors (Lipinski definition) is 3. The zero-order chi connectivity index (χ0) is 8.15. The summed E-state index contributed by atoms with van der Waals surface area (Å²) in [5.41, 5.74) is 5.25. The molecular formula is C5H9NO2S2. The Hall–Kier alpha value is -0.0000000000000000555. The van der Waals surface area contributed by atoms with Crippen LogP contribution in [0.2, 0.25) is 0 Å². The predicted molar refractivity (Wildman–Crippen MR) is 45.2 cm³/mol. The molecule has 10 heavy (non-hydrogen) atoms. The van der Waals surface area contributed by atoms with Gasteiger partial charge in [0.15, 0.2) is 5.12 Å². The van der Waals surface area contributed by atoms with Crippen LogP contribution < -0.4 is 5.73 Å². The van der Waals surface area contributed by atoms with Crippen LogP contribution in [0.25, 0.3) is 0 Å². The van der Waals surface area contributed by atoms with Crippen LogP contribution in [0.3, 0.4) is 0 Å². The maximum Gasteiger partial charge on any atom is 0.202 e. The van der Waals surface area contributed by atoms with Crippen molar-refractivity contribution in [2.75, 3.05) is 0 Å². The summed E-state index contributed by atoms with van der Waals surface area (Å²) in [6.07, 6.45) is 0.543. The van der Waals surface area contributed by atoms with Crippen LogP contribution in [0.15, 0.2) is 0 Å². The molecule has 0 bridgehead atoms. The molecule has 0 rings (SSSR count). The second kappa shape index (κ2) is 4.76. The minimum absolute atomic E-state index is 0.219. The van der Waals surface area contributed by atoms with Gasteiger partial charge in [0.2, 0.25) is 5.12 Å². The molecule has 0 aliphatic heterocycles. The second-order valence-electron chi connectivity index (χ2n) is 1.88. The Morgan fingerprint density at radius 1 is 1.40 bits per heavy atom. The minimum Gasteiger partial charge on any atom is -0.321 e. The topological polar surface area (TPSA) is 60.2 Å². The summed E-state index contributed by atoms with van der Waals surface area (Å²) in [6.45, 7) is 0. The van der Waals surface area contributed by atoms with Crippen molar-refractivity contribution >= 4 is 35.5 Å². The minimum atomic E-state index is -0.639. The van der Waals surface area contributed by atoms with Crippen molar-refractivity contribution < 1.29 is 9.59 Å². The molecule has 0 aromatic rings. The van der Waals surface area contributed by atoms with E-state index in [1.807, 2.05) is 0 Å². The fourth-order valence-electron chi connectivity index (χ4n) is 0.402. The molecule has 58 valence electrons. The van der Waals surface area contributed by atoms with Gasteiger partial charge in [-0.25, -0.2) is 0 Å². The van der Waals surface area contributed by atoms with Gasteiger partial charge in [-0.05, 0) is 6.42 Å². The van der Waals surface area contributed by atoms with Crippen LogP contribution in [0, 0.1) is 0 Å². The van der Waals surface area contributed by atoms with Crippen molar-refractivity contribution in [1.29, 1.82) is 0 Å². The van der Waals surface area contributed by atoms with E-state index >= 15 is 0 Å². The number of hydrogen-bond acceptors (Lipinski definition) is 3. The van der Waals surface area contributed by atoms with Crippen LogP contribution >= 0.6 is 25.3 Å². The Morgan fingerprint density at radius 2 is 1.90 bits per heavy atom. The average molecular weight is 179 g/mol. The summed E-state index contributed by atoms with van der Waals surface area (Å²) in [5.74, 6) is 0. The largest absolute Gasteiger partial charge is 0.321 e. The predicted octanol–water partition coefficient (Wildman–Crippen LogP) is 0.00670. The summed E-state index contributed by atoms with van der Waals surface area (Å²) in [5, 5.41) is -0.653. The third-order valence-corrected chi connectivity index (χ3v) is 1.54. The van der Waals surface area contributed by atoms with Gasteiger partial charge in [-0.1, -0.05) is 0 Å². The summed E-state index contributed by atoms with van der Waals surface area (Å²) < 4.78 is 0. The smallest absolute Gasteiger partial charge is 0.202 e. The molecule has 1 atom stereocenters. The molecule has 0 radical (unpaired) electrons. The third kappa shape index (κ3) is 4.84. The van der Waals surface area contributed by atoms with E-state index in [9.17, 15) is 9.59 Å². The number of rotatable bonds is 4. The van der Waals surface area contributed by atoms with Crippen LogP contribution in [-0.4, -0.2) is 16.3 Å². The molecule has 0 heterocycles. The molecule has 0 aliphatic carbocycles. The van der Waals surface area contributed by atoms with E-state index in [2.05, 4.69) is 25.3 Å². The molecule has 0 fully saturated rings. The quantitative estimate of drug-likeness (QED) is 0.533. The third-order valence-electron chi connectivity index (χ3n) is 0.986. The lowest BCUT2D eigenvalue weighted by molar-refractivity contribution is -0.112. The monoisotopic (exact) mass is 179 g/mol. The highest BCUT2D eigenvalue weighted by molar-refractivity contribution is 7.97. The van der Waals surface area contributed by atoms with Gasteiger partial charge in [-0.3, -0.25) is 9.59 Å². The first kappa shape index (κ1) is 10.0. The summed E-state index contributed by atoms with van der Waals surface area (Å²) in [7, 11) is 0. The lowest BCUT2D eigenvalue weighted by Crippen LogP contribution is -2.27. The molecule has 2 N–H and O–H groups in total. The molecule has 0 saturated carbocycles. The van der Waals surface area contributed by atoms with Crippen molar-refractivity contribution in [3.8, 4) is 0 Å². The van der Waals surface area contributed by atoms with E-state index in [1.54, 1.807) is 0 Å². The first-order valence-corrected chi connectivity index (χ1v) is 3.63. The number of nitrogens with two attached hydrogens (primary N) is 1. The van der Waals surface area contributed by atoms with E-state index < -0.39 is 11.2 Å². The molecule has 0 aliphatic rings. The lowest BCUT2D eigenvalue weighted by Gasteiger charge is -2.02. The molecular weight excluding hydrogens is 170 g/mol. The maximum atomic E-state index is 10.4. The molecule has 0 amide bonds. The number of thiol groups is 2. The Bertz CT molecular complexity index is 149. The van der Waals surface area contributed by atoms with E-state index in [0.29, 0.717) is 6.42 Å². The van der Waals surface area contributed by atoms with Crippen LogP contribution in [0.5, 0.6) is 0 Å². The Morgan fingerprint density at radius 3 is 2.20 bits per heavy atom. The number of carbonyl (C=O) groups excluding carboxylic acids is 2. The number of carbonyl (C=O) groups is 2. The maximum absolute atomic E-state index is 10.4. The van der Waals surface area contributed by atoms with E-state index in [0.717, 1.165) is 0 Å². The zero-order valence-electron chi connectivity index (χ0n) is 5.28. The summed E-state index contributed by atoms with van der Waals surface area (Å²) >= 11 is 7.01. The molecule has 0 unspecified atom stereocenters. The van der Waals surface area contributed by atoms with E-state index in [4.69, 9.17) is 5.73 Å². The Kier molecular flexibility index (Phi) is 4.76. The first-order chi connectivity index (χ1) is 4.54. The van der Waals surface area contributed by atoms with Gasteiger partial charge in [-0.2, -0.15) is 0 Å². The second-order valence-corrected chi connectivity index (χ2v) is 2.82. The van der Waals surface area contributed by atoms with Gasteiger partial charge in [-0.15, -0.1) is 25.3 Å². The van der Waals surface area contributed by atoms with E-state index in [-0.39, 0.29) is 11.5 Å². The molecule has 5 heteroatoms. The van der Waals surface area contributed by atoms with Crippen molar-refractivity contribution in [2.24, 2.45) is 5.73 Å². The molecule has 0 spiro atoms. The van der Waals surface area contributed by atoms with Crippen molar-refractivity contribution in [3.63, 3.8) is 0 Å². The zero-order valence-corrected chi connectivity index (χ0v) is 7.07. The van der Waals surface area contributed by atoms with Crippen molar-refractivity contribution in [3.05, 3.63) is 0 Å². The van der Waals surface area contributed by atoms with Crippen molar-refractivity contribution in [1.82, 2.24) is 0 Å². The normalized spacial score (nSPS) is 12.7. The van der Waals surface area contributed by atoms with Crippen LogP contribution in [0.1, 0.15) is 12.8 Å². The fourth-order valence-corrected chi connectivity index (χ4v) is 0.661. The van der Waals surface area contributed by atoms with Crippen molar-refractivity contribution in [2.45, 2.75) is 18.9 Å². The SMILES string of the molecule is N[C@@H](CCC(=O)S)C(=O)S. The van der Waals surface area contributed by atoms with Gasteiger partial charge in [0.05, 0.1) is 6.04 Å². The molecule has 3 nitrogen and oxygen atoms in total. The Balaban J connectivity index is 3.49. The lowest BCUT2D eigenvalue weighted by atomic mass is 10.2. The molecule has 0 saturated heterocycles. The van der Waals surface area contributed by atoms with Gasteiger partial charge in [0.25, 0.3) is 0 Å². The van der Waals surface area contributed by atoms with E-state index in [1.165, 1.54) is 0 Å². The Labute approximate surface area is 70.2 Å². The molecule has 0 aromatic heterocycles.